The second kappa shape index (κ2) is 5.98. The van der Waals surface area contributed by atoms with E-state index in [9.17, 15) is 0 Å². The van der Waals surface area contributed by atoms with Crippen LogP contribution in [-0.2, 0) is 13.1 Å². The quantitative estimate of drug-likeness (QED) is 0.837. The SMILES string of the molecule is CCN(Cc1c(CNC)oc2ccccc12)CC1CC1. The molecule has 0 spiro atoms. The molecule has 0 atom stereocenters. The number of hydrogen-bond acceptors (Lipinski definition) is 3. The predicted molar refractivity (Wildman–Crippen MR) is 82.7 cm³/mol. The molecule has 1 N–H and O–H groups in total. The lowest BCUT2D eigenvalue weighted by atomic mass is 10.1. The van der Waals surface area contributed by atoms with E-state index in [1.807, 2.05) is 13.1 Å². The molecule has 108 valence electrons. The van der Waals surface area contributed by atoms with Crippen LogP contribution in [0, 0.1) is 5.92 Å². The van der Waals surface area contributed by atoms with Gasteiger partial charge < -0.3 is 9.73 Å². The summed E-state index contributed by atoms with van der Waals surface area (Å²) in [5, 5.41) is 4.49. The van der Waals surface area contributed by atoms with Crippen LogP contribution in [0.25, 0.3) is 11.0 Å². The molecule has 1 saturated carbocycles. The number of furan rings is 1. The van der Waals surface area contributed by atoms with Gasteiger partial charge in [-0.05, 0) is 38.4 Å². The highest BCUT2D eigenvalue weighted by atomic mass is 16.3. The highest BCUT2D eigenvalue weighted by Gasteiger charge is 2.25. The Morgan fingerprint density at radius 1 is 1.30 bits per heavy atom. The van der Waals surface area contributed by atoms with Gasteiger partial charge in [0.05, 0.1) is 6.54 Å². The summed E-state index contributed by atoms with van der Waals surface area (Å²) in [6.45, 7) is 6.39. The molecule has 0 unspecified atom stereocenters. The molecule has 0 aliphatic heterocycles. The van der Waals surface area contributed by atoms with Crippen molar-refractivity contribution in [1.82, 2.24) is 10.2 Å². The van der Waals surface area contributed by atoms with Crippen molar-refractivity contribution in [2.24, 2.45) is 5.92 Å². The van der Waals surface area contributed by atoms with Crippen LogP contribution < -0.4 is 5.32 Å². The van der Waals surface area contributed by atoms with E-state index in [2.05, 4.69) is 35.3 Å². The monoisotopic (exact) mass is 272 g/mol. The Labute approximate surface area is 120 Å². The fourth-order valence-corrected chi connectivity index (χ4v) is 2.82. The summed E-state index contributed by atoms with van der Waals surface area (Å²) in [5.74, 6) is 2.02. The van der Waals surface area contributed by atoms with Crippen LogP contribution in [0.4, 0.5) is 0 Å². The zero-order valence-corrected chi connectivity index (χ0v) is 12.5. The first-order valence-corrected chi connectivity index (χ1v) is 7.68. The van der Waals surface area contributed by atoms with Crippen LogP contribution in [0.1, 0.15) is 31.1 Å². The van der Waals surface area contributed by atoms with Crippen molar-refractivity contribution in [3.8, 4) is 0 Å². The second-order valence-corrected chi connectivity index (χ2v) is 5.80. The van der Waals surface area contributed by atoms with E-state index in [0.29, 0.717) is 0 Å². The molecule has 1 heterocycles. The summed E-state index contributed by atoms with van der Waals surface area (Å²) < 4.78 is 6.02. The molecule has 3 nitrogen and oxygen atoms in total. The number of benzene rings is 1. The Morgan fingerprint density at radius 3 is 2.80 bits per heavy atom. The Balaban J connectivity index is 1.88. The maximum Gasteiger partial charge on any atom is 0.134 e. The van der Waals surface area contributed by atoms with E-state index < -0.39 is 0 Å². The van der Waals surface area contributed by atoms with Gasteiger partial charge in [0.2, 0.25) is 0 Å². The summed E-state index contributed by atoms with van der Waals surface area (Å²) in [6.07, 6.45) is 2.82. The average Bonchev–Trinajstić information content (AvgIpc) is 3.22. The Bertz CT molecular complexity index is 571. The zero-order valence-electron chi connectivity index (χ0n) is 12.5. The predicted octanol–water partition coefficient (Wildman–Crippen LogP) is 3.38. The van der Waals surface area contributed by atoms with Gasteiger partial charge in [-0.1, -0.05) is 25.1 Å². The first-order valence-electron chi connectivity index (χ1n) is 7.68. The highest BCUT2D eigenvalue weighted by Crippen LogP contribution is 2.32. The number of rotatable bonds is 7. The average molecular weight is 272 g/mol. The number of hydrogen-bond donors (Lipinski definition) is 1. The lowest BCUT2D eigenvalue weighted by molar-refractivity contribution is 0.266. The lowest BCUT2D eigenvalue weighted by Gasteiger charge is -2.20. The van der Waals surface area contributed by atoms with Gasteiger partial charge in [0, 0.05) is 24.0 Å². The first kappa shape index (κ1) is 13.7. The largest absolute Gasteiger partial charge is 0.459 e. The molecular weight excluding hydrogens is 248 g/mol. The molecule has 0 saturated heterocycles. The van der Waals surface area contributed by atoms with Crippen LogP contribution in [-0.4, -0.2) is 25.0 Å². The molecule has 0 bridgehead atoms. The van der Waals surface area contributed by atoms with Crippen LogP contribution >= 0.6 is 0 Å². The van der Waals surface area contributed by atoms with Crippen molar-refractivity contribution < 1.29 is 4.42 Å². The molecule has 1 aliphatic rings. The molecule has 1 aliphatic carbocycles. The standard InChI is InChI=1S/C17H24N2O/c1-3-19(11-13-8-9-13)12-15-14-6-4-5-7-16(14)20-17(15)10-18-2/h4-7,13,18H,3,8-12H2,1-2H3. The number of nitrogens with zero attached hydrogens (tertiary/aromatic N) is 1. The summed E-state index contributed by atoms with van der Waals surface area (Å²) in [4.78, 5) is 2.55. The topological polar surface area (TPSA) is 28.4 Å². The van der Waals surface area contributed by atoms with Gasteiger partial charge in [-0.2, -0.15) is 0 Å². The number of para-hydroxylation sites is 1. The van der Waals surface area contributed by atoms with Gasteiger partial charge in [0.1, 0.15) is 11.3 Å². The maximum atomic E-state index is 6.02. The fraction of sp³-hybridized carbons (Fsp3) is 0.529. The third kappa shape index (κ3) is 2.89. The normalized spacial score (nSPS) is 15.3. The van der Waals surface area contributed by atoms with Crippen LogP contribution in [0.5, 0.6) is 0 Å². The molecule has 3 rings (SSSR count). The molecule has 1 fully saturated rings. The molecular formula is C17H24N2O. The third-order valence-corrected chi connectivity index (χ3v) is 4.16. The van der Waals surface area contributed by atoms with Gasteiger partial charge in [0.25, 0.3) is 0 Å². The summed E-state index contributed by atoms with van der Waals surface area (Å²) in [6, 6.07) is 8.38. The van der Waals surface area contributed by atoms with Crippen LogP contribution in [0.3, 0.4) is 0 Å². The van der Waals surface area contributed by atoms with Gasteiger partial charge >= 0.3 is 0 Å². The summed E-state index contributed by atoms with van der Waals surface area (Å²) in [7, 11) is 1.97. The van der Waals surface area contributed by atoms with Gasteiger partial charge in [-0.25, -0.2) is 0 Å². The Hall–Kier alpha value is -1.32. The van der Waals surface area contributed by atoms with E-state index in [-0.39, 0.29) is 0 Å². The molecule has 2 aromatic rings. The minimum atomic E-state index is 0.797. The van der Waals surface area contributed by atoms with Crippen LogP contribution in [0.15, 0.2) is 28.7 Å². The molecule has 3 heteroatoms. The molecule has 0 radical (unpaired) electrons. The van der Waals surface area contributed by atoms with E-state index in [1.54, 1.807) is 0 Å². The zero-order chi connectivity index (χ0) is 13.9. The Morgan fingerprint density at radius 2 is 2.10 bits per heavy atom. The minimum absolute atomic E-state index is 0.797. The molecule has 1 aromatic carbocycles. The first-order chi connectivity index (χ1) is 9.81. The van der Waals surface area contributed by atoms with Crippen molar-refractivity contribution >= 4 is 11.0 Å². The number of nitrogens with one attached hydrogen (secondary N) is 1. The summed E-state index contributed by atoms with van der Waals surface area (Å²) in [5.41, 5.74) is 2.37. The van der Waals surface area contributed by atoms with Crippen molar-refractivity contribution in [1.29, 1.82) is 0 Å². The van der Waals surface area contributed by atoms with E-state index in [0.717, 1.165) is 36.9 Å². The van der Waals surface area contributed by atoms with Gasteiger partial charge in [-0.15, -0.1) is 0 Å². The van der Waals surface area contributed by atoms with Crippen molar-refractivity contribution in [2.45, 2.75) is 32.9 Å². The van der Waals surface area contributed by atoms with Gasteiger partial charge in [0.15, 0.2) is 0 Å². The second-order valence-electron chi connectivity index (χ2n) is 5.80. The molecule has 20 heavy (non-hydrogen) atoms. The third-order valence-electron chi connectivity index (χ3n) is 4.16. The summed E-state index contributed by atoms with van der Waals surface area (Å²) >= 11 is 0. The van der Waals surface area contributed by atoms with E-state index in [4.69, 9.17) is 4.42 Å². The van der Waals surface area contributed by atoms with E-state index >= 15 is 0 Å². The fourth-order valence-electron chi connectivity index (χ4n) is 2.82. The Kier molecular flexibility index (Phi) is 4.08. The minimum Gasteiger partial charge on any atom is -0.459 e. The van der Waals surface area contributed by atoms with Crippen molar-refractivity contribution in [3.63, 3.8) is 0 Å². The number of fused-ring (bicyclic) bond motifs is 1. The van der Waals surface area contributed by atoms with Crippen LogP contribution in [0.2, 0.25) is 0 Å². The molecule has 0 amide bonds. The van der Waals surface area contributed by atoms with Crippen molar-refractivity contribution in [3.05, 3.63) is 35.6 Å². The van der Waals surface area contributed by atoms with Crippen molar-refractivity contribution in [2.75, 3.05) is 20.1 Å². The lowest BCUT2D eigenvalue weighted by Crippen LogP contribution is -2.25. The van der Waals surface area contributed by atoms with E-state index in [1.165, 1.54) is 30.3 Å². The molecule has 1 aromatic heterocycles. The van der Waals surface area contributed by atoms with Gasteiger partial charge in [-0.3, -0.25) is 4.90 Å². The highest BCUT2D eigenvalue weighted by molar-refractivity contribution is 5.82. The maximum absolute atomic E-state index is 6.02. The smallest absolute Gasteiger partial charge is 0.134 e.